The minimum Gasteiger partial charge on any atom is -0.373 e. The Morgan fingerprint density at radius 3 is 2.52 bits per heavy atom. The van der Waals surface area contributed by atoms with Crippen molar-refractivity contribution in [2.24, 2.45) is 5.92 Å². The molecule has 0 aliphatic carbocycles. The fraction of sp³-hybridized carbons (Fsp3) is 0.667. The van der Waals surface area contributed by atoms with Gasteiger partial charge in [-0.25, -0.2) is 0 Å². The van der Waals surface area contributed by atoms with Crippen molar-refractivity contribution in [3.8, 4) is 0 Å². The maximum absolute atomic E-state index is 5.80. The van der Waals surface area contributed by atoms with Crippen molar-refractivity contribution < 1.29 is 4.74 Å². The fourth-order valence-corrected chi connectivity index (χ4v) is 3.01. The summed E-state index contributed by atoms with van der Waals surface area (Å²) in [4.78, 5) is 2.50. The summed E-state index contributed by atoms with van der Waals surface area (Å²) in [5.41, 5.74) is 2.78. The third kappa shape index (κ3) is 5.77. The summed E-state index contributed by atoms with van der Waals surface area (Å²) in [6.07, 6.45) is 0.675. The molecule has 1 aromatic rings. The molecule has 0 saturated carbocycles. The van der Waals surface area contributed by atoms with Crippen LogP contribution >= 0.6 is 0 Å². The summed E-state index contributed by atoms with van der Waals surface area (Å²) in [6.45, 7) is 13.9. The third-order valence-corrected chi connectivity index (χ3v) is 3.77. The van der Waals surface area contributed by atoms with E-state index < -0.39 is 0 Å². The number of ether oxygens (including phenoxy) is 1. The highest BCUT2D eigenvalue weighted by Gasteiger charge is 2.21. The first kappa shape index (κ1) is 16.5. The summed E-state index contributed by atoms with van der Waals surface area (Å²) in [5.74, 6) is 0.699. The first-order valence-corrected chi connectivity index (χ1v) is 8.19. The van der Waals surface area contributed by atoms with E-state index in [1.165, 1.54) is 11.1 Å². The summed E-state index contributed by atoms with van der Waals surface area (Å²) in [6, 6.07) is 8.95. The Morgan fingerprint density at radius 2 is 1.86 bits per heavy atom. The lowest BCUT2D eigenvalue weighted by molar-refractivity contribution is -0.0704. The van der Waals surface area contributed by atoms with Gasteiger partial charge in [0.25, 0.3) is 0 Å². The molecule has 1 aromatic carbocycles. The largest absolute Gasteiger partial charge is 0.373 e. The molecule has 1 N–H and O–H groups in total. The van der Waals surface area contributed by atoms with E-state index in [1.54, 1.807) is 0 Å². The molecule has 0 bridgehead atoms. The fourth-order valence-electron chi connectivity index (χ4n) is 3.01. The second-order valence-corrected chi connectivity index (χ2v) is 6.80. The van der Waals surface area contributed by atoms with Gasteiger partial charge in [-0.2, -0.15) is 0 Å². The predicted octanol–water partition coefficient (Wildman–Crippen LogP) is 3.04. The molecule has 0 spiro atoms. The van der Waals surface area contributed by atoms with Gasteiger partial charge in [0.2, 0.25) is 0 Å². The van der Waals surface area contributed by atoms with E-state index in [0.717, 1.165) is 32.7 Å². The van der Waals surface area contributed by atoms with E-state index in [0.29, 0.717) is 18.1 Å². The average molecular weight is 290 g/mol. The van der Waals surface area contributed by atoms with E-state index in [9.17, 15) is 0 Å². The van der Waals surface area contributed by atoms with Gasteiger partial charge >= 0.3 is 0 Å². The Hall–Kier alpha value is -0.900. The number of benzene rings is 1. The van der Waals surface area contributed by atoms with Gasteiger partial charge in [-0.05, 0) is 37.4 Å². The Kier molecular flexibility index (Phi) is 6.22. The van der Waals surface area contributed by atoms with Gasteiger partial charge < -0.3 is 10.1 Å². The van der Waals surface area contributed by atoms with Crippen LogP contribution in [0.3, 0.4) is 0 Å². The SMILES string of the molecule is CC(C)CNCc1cccc(CN2C[C@@H](C)O[C@@H](C)C2)c1. The van der Waals surface area contributed by atoms with Gasteiger partial charge in [-0.3, -0.25) is 4.90 Å². The molecule has 0 unspecified atom stereocenters. The summed E-state index contributed by atoms with van der Waals surface area (Å²) < 4.78 is 5.80. The van der Waals surface area contributed by atoms with Crippen molar-refractivity contribution in [1.29, 1.82) is 0 Å². The molecule has 1 fully saturated rings. The van der Waals surface area contributed by atoms with Crippen LogP contribution in [-0.4, -0.2) is 36.7 Å². The average Bonchev–Trinajstić information content (AvgIpc) is 2.37. The highest BCUT2D eigenvalue weighted by atomic mass is 16.5. The maximum Gasteiger partial charge on any atom is 0.0678 e. The highest BCUT2D eigenvalue weighted by Crippen LogP contribution is 2.15. The topological polar surface area (TPSA) is 24.5 Å². The number of rotatable bonds is 6. The van der Waals surface area contributed by atoms with Crippen LogP contribution in [0.25, 0.3) is 0 Å². The second-order valence-electron chi connectivity index (χ2n) is 6.80. The normalized spacial score (nSPS) is 23.7. The smallest absolute Gasteiger partial charge is 0.0678 e. The van der Waals surface area contributed by atoms with Gasteiger partial charge in [-0.15, -0.1) is 0 Å². The van der Waals surface area contributed by atoms with Crippen molar-refractivity contribution in [3.63, 3.8) is 0 Å². The van der Waals surface area contributed by atoms with E-state index in [-0.39, 0.29) is 0 Å². The predicted molar refractivity (Wildman–Crippen MR) is 88.3 cm³/mol. The second kappa shape index (κ2) is 7.92. The summed E-state index contributed by atoms with van der Waals surface area (Å²) >= 11 is 0. The standard InChI is InChI=1S/C18H30N2O/c1-14(2)9-19-10-17-6-5-7-18(8-17)13-20-11-15(3)21-16(4)12-20/h5-8,14-16,19H,9-13H2,1-4H3/t15-,16+. The van der Waals surface area contributed by atoms with Crippen molar-refractivity contribution in [2.75, 3.05) is 19.6 Å². The molecular weight excluding hydrogens is 260 g/mol. The molecule has 3 heteroatoms. The van der Waals surface area contributed by atoms with Crippen LogP contribution in [-0.2, 0) is 17.8 Å². The molecule has 2 atom stereocenters. The Labute approximate surface area is 129 Å². The molecule has 1 saturated heterocycles. The van der Waals surface area contributed by atoms with Crippen LogP contribution in [0.5, 0.6) is 0 Å². The van der Waals surface area contributed by atoms with Crippen molar-refractivity contribution in [1.82, 2.24) is 10.2 Å². The molecular formula is C18H30N2O. The van der Waals surface area contributed by atoms with Crippen molar-refractivity contribution in [2.45, 2.75) is 53.0 Å². The van der Waals surface area contributed by atoms with E-state index in [2.05, 4.69) is 62.2 Å². The third-order valence-electron chi connectivity index (χ3n) is 3.77. The van der Waals surface area contributed by atoms with Crippen molar-refractivity contribution >= 4 is 0 Å². The molecule has 0 radical (unpaired) electrons. The lowest BCUT2D eigenvalue weighted by atomic mass is 10.1. The summed E-state index contributed by atoms with van der Waals surface area (Å²) in [5, 5.41) is 3.51. The quantitative estimate of drug-likeness (QED) is 0.871. The first-order valence-electron chi connectivity index (χ1n) is 8.19. The molecule has 1 aliphatic heterocycles. The van der Waals surface area contributed by atoms with Crippen molar-refractivity contribution in [3.05, 3.63) is 35.4 Å². The maximum atomic E-state index is 5.80. The minimum atomic E-state index is 0.338. The van der Waals surface area contributed by atoms with Crippen LogP contribution in [0.1, 0.15) is 38.8 Å². The van der Waals surface area contributed by atoms with Crippen LogP contribution < -0.4 is 5.32 Å². The number of morpholine rings is 1. The van der Waals surface area contributed by atoms with E-state index >= 15 is 0 Å². The van der Waals surface area contributed by atoms with Crippen LogP contribution in [0.4, 0.5) is 0 Å². The molecule has 1 heterocycles. The number of hydrogen-bond donors (Lipinski definition) is 1. The van der Waals surface area contributed by atoms with Gasteiger partial charge in [0.1, 0.15) is 0 Å². The molecule has 2 rings (SSSR count). The molecule has 118 valence electrons. The van der Waals surface area contributed by atoms with Crippen LogP contribution in [0, 0.1) is 5.92 Å². The Bertz CT molecular complexity index is 423. The lowest BCUT2D eigenvalue weighted by Gasteiger charge is -2.35. The zero-order valence-corrected chi connectivity index (χ0v) is 13.9. The Balaban J connectivity index is 1.88. The summed E-state index contributed by atoms with van der Waals surface area (Å²) in [7, 11) is 0. The van der Waals surface area contributed by atoms with E-state index in [4.69, 9.17) is 4.74 Å². The zero-order valence-electron chi connectivity index (χ0n) is 13.9. The molecule has 0 aromatic heterocycles. The van der Waals surface area contributed by atoms with Gasteiger partial charge in [0.05, 0.1) is 12.2 Å². The van der Waals surface area contributed by atoms with Gasteiger partial charge in [0.15, 0.2) is 0 Å². The molecule has 1 aliphatic rings. The van der Waals surface area contributed by atoms with Crippen LogP contribution in [0.2, 0.25) is 0 Å². The Morgan fingerprint density at radius 1 is 1.19 bits per heavy atom. The molecule has 21 heavy (non-hydrogen) atoms. The highest BCUT2D eigenvalue weighted by molar-refractivity contribution is 5.23. The van der Waals surface area contributed by atoms with E-state index in [1.807, 2.05) is 0 Å². The number of hydrogen-bond acceptors (Lipinski definition) is 3. The molecule has 3 nitrogen and oxygen atoms in total. The minimum absolute atomic E-state index is 0.338. The lowest BCUT2D eigenvalue weighted by Crippen LogP contribution is -2.44. The number of nitrogens with one attached hydrogen (secondary N) is 1. The monoisotopic (exact) mass is 290 g/mol. The van der Waals surface area contributed by atoms with Gasteiger partial charge in [-0.1, -0.05) is 38.1 Å². The van der Waals surface area contributed by atoms with Gasteiger partial charge in [0, 0.05) is 26.2 Å². The first-order chi connectivity index (χ1) is 10.0. The van der Waals surface area contributed by atoms with Crippen LogP contribution in [0.15, 0.2) is 24.3 Å². The molecule has 0 amide bonds. The number of nitrogens with zero attached hydrogens (tertiary/aromatic N) is 1. The zero-order chi connectivity index (χ0) is 15.2.